The summed E-state index contributed by atoms with van der Waals surface area (Å²) < 4.78 is 0. The maximum absolute atomic E-state index is 12.0. The largest absolute Gasteiger partial charge is 0.480 e. The van der Waals surface area contributed by atoms with Gasteiger partial charge in [0, 0.05) is 6.54 Å². The van der Waals surface area contributed by atoms with Crippen LogP contribution in [0, 0.1) is 0 Å². The Labute approximate surface area is 125 Å². The van der Waals surface area contributed by atoms with Crippen LogP contribution in [0.15, 0.2) is 60.7 Å². The molecule has 0 aliphatic rings. The van der Waals surface area contributed by atoms with Gasteiger partial charge in [0.1, 0.15) is 5.54 Å². The Morgan fingerprint density at radius 1 is 1.05 bits per heavy atom. The van der Waals surface area contributed by atoms with Crippen LogP contribution < -0.4 is 5.32 Å². The average Bonchev–Trinajstić information content (AvgIpc) is 2.53. The first-order valence-electron chi connectivity index (χ1n) is 7.27. The van der Waals surface area contributed by atoms with Crippen molar-refractivity contribution in [3.63, 3.8) is 0 Å². The smallest absolute Gasteiger partial charge is 0.328 e. The molecule has 1 atom stereocenters. The number of aliphatic carboxylic acids is 1. The van der Waals surface area contributed by atoms with Crippen LogP contribution in [0.25, 0.3) is 0 Å². The summed E-state index contributed by atoms with van der Waals surface area (Å²) in [5, 5.41) is 13.1. The average molecular weight is 283 g/mol. The molecular formula is C18H21NO2. The quantitative estimate of drug-likeness (QED) is 0.817. The molecule has 21 heavy (non-hydrogen) atoms. The molecule has 2 aromatic rings. The first kappa shape index (κ1) is 15.3. The maximum atomic E-state index is 12.0. The van der Waals surface area contributed by atoms with Crippen LogP contribution in [0.4, 0.5) is 0 Å². The van der Waals surface area contributed by atoms with Crippen molar-refractivity contribution in [3.8, 4) is 0 Å². The summed E-state index contributed by atoms with van der Waals surface area (Å²) in [6, 6.07) is 19.3. The molecule has 0 heterocycles. The van der Waals surface area contributed by atoms with Crippen LogP contribution in [0.3, 0.4) is 0 Å². The fourth-order valence-corrected chi connectivity index (χ4v) is 2.59. The van der Waals surface area contributed by atoms with E-state index in [9.17, 15) is 9.90 Å². The highest BCUT2D eigenvalue weighted by atomic mass is 16.4. The van der Waals surface area contributed by atoms with E-state index < -0.39 is 11.5 Å². The molecule has 0 bridgehead atoms. The van der Waals surface area contributed by atoms with Gasteiger partial charge in [-0.3, -0.25) is 5.32 Å². The van der Waals surface area contributed by atoms with Gasteiger partial charge in [-0.05, 0) is 17.5 Å². The molecular weight excluding hydrogens is 262 g/mol. The molecule has 0 saturated carbocycles. The summed E-state index contributed by atoms with van der Waals surface area (Å²) >= 11 is 0. The topological polar surface area (TPSA) is 49.3 Å². The molecule has 110 valence electrons. The lowest BCUT2D eigenvalue weighted by atomic mass is 9.85. The molecule has 0 radical (unpaired) electrons. The second-order valence-corrected chi connectivity index (χ2v) is 5.17. The fourth-order valence-electron chi connectivity index (χ4n) is 2.59. The number of carboxylic acid groups (broad SMARTS) is 1. The van der Waals surface area contributed by atoms with E-state index in [1.54, 1.807) is 0 Å². The molecule has 2 N–H and O–H groups in total. The Hall–Kier alpha value is -2.13. The fraction of sp³-hybridized carbons (Fsp3) is 0.278. The summed E-state index contributed by atoms with van der Waals surface area (Å²) in [4.78, 5) is 12.0. The number of hydrogen-bond acceptors (Lipinski definition) is 2. The minimum atomic E-state index is -1.04. The zero-order valence-corrected chi connectivity index (χ0v) is 12.3. The Balaban J connectivity index is 2.29. The SMILES string of the molecule is CCCC(NCc1ccccc1)(C(=O)O)c1ccccc1. The van der Waals surface area contributed by atoms with Gasteiger partial charge in [-0.2, -0.15) is 0 Å². The van der Waals surface area contributed by atoms with E-state index in [0.717, 1.165) is 17.5 Å². The summed E-state index contributed by atoms with van der Waals surface area (Å²) in [7, 11) is 0. The van der Waals surface area contributed by atoms with Crippen LogP contribution in [-0.4, -0.2) is 11.1 Å². The predicted octanol–water partition coefficient (Wildman–Crippen LogP) is 3.56. The highest BCUT2D eigenvalue weighted by Crippen LogP contribution is 2.27. The van der Waals surface area contributed by atoms with Crippen molar-refractivity contribution < 1.29 is 9.90 Å². The lowest BCUT2D eigenvalue weighted by molar-refractivity contribution is -0.146. The first-order chi connectivity index (χ1) is 10.2. The maximum Gasteiger partial charge on any atom is 0.328 e. The molecule has 1 unspecified atom stereocenters. The molecule has 2 aromatic carbocycles. The third-order valence-electron chi connectivity index (χ3n) is 3.69. The molecule has 2 rings (SSSR count). The molecule has 0 amide bonds. The van der Waals surface area contributed by atoms with Gasteiger partial charge in [-0.25, -0.2) is 4.79 Å². The van der Waals surface area contributed by atoms with Crippen molar-refractivity contribution in [2.75, 3.05) is 0 Å². The van der Waals surface area contributed by atoms with Gasteiger partial charge in [0.25, 0.3) is 0 Å². The minimum Gasteiger partial charge on any atom is -0.480 e. The molecule has 3 nitrogen and oxygen atoms in total. The molecule has 0 saturated heterocycles. The Kier molecular flexibility index (Phi) is 5.12. The second kappa shape index (κ2) is 7.04. The Morgan fingerprint density at radius 2 is 1.62 bits per heavy atom. The van der Waals surface area contributed by atoms with Crippen molar-refractivity contribution >= 4 is 5.97 Å². The van der Waals surface area contributed by atoms with Crippen LogP contribution in [0.2, 0.25) is 0 Å². The molecule has 0 aromatic heterocycles. The van der Waals surface area contributed by atoms with Gasteiger partial charge in [0.15, 0.2) is 0 Å². The van der Waals surface area contributed by atoms with Gasteiger partial charge < -0.3 is 5.11 Å². The number of carbonyl (C=O) groups is 1. The van der Waals surface area contributed by atoms with Crippen molar-refractivity contribution in [2.24, 2.45) is 0 Å². The highest BCUT2D eigenvalue weighted by molar-refractivity contribution is 5.80. The van der Waals surface area contributed by atoms with Crippen molar-refractivity contribution in [3.05, 3.63) is 71.8 Å². The normalized spacial score (nSPS) is 13.6. The molecule has 0 aliphatic carbocycles. The third-order valence-corrected chi connectivity index (χ3v) is 3.69. The van der Waals surface area contributed by atoms with Gasteiger partial charge >= 0.3 is 5.97 Å². The molecule has 0 spiro atoms. The zero-order chi connectivity index (χ0) is 15.1. The van der Waals surface area contributed by atoms with Crippen molar-refractivity contribution in [1.29, 1.82) is 0 Å². The highest BCUT2D eigenvalue weighted by Gasteiger charge is 2.38. The number of carboxylic acids is 1. The third kappa shape index (κ3) is 3.50. The molecule has 0 aliphatic heterocycles. The Morgan fingerprint density at radius 3 is 2.14 bits per heavy atom. The van der Waals surface area contributed by atoms with Crippen molar-refractivity contribution in [1.82, 2.24) is 5.32 Å². The van der Waals surface area contributed by atoms with Crippen LogP contribution >= 0.6 is 0 Å². The van der Waals surface area contributed by atoms with E-state index in [4.69, 9.17) is 0 Å². The molecule has 3 heteroatoms. The van der Waals surface area contributed by atoms with Gasteiger partial charge in [-0.15, -0.1) is 0 Å². The first-order valence-corrected chi connectivity index (χ1v) is 7.27. The van der Waals surface area contributed by atoms with Crippen LogP contribution in [0.5, 0.6) is 0 Å². The summed E-state index contributed by atoms with van der Waals surface area (Å²) in [5.41, 5.74) is 0.844. The number of hydrogen-bond donors (Lipinski definition) is 2. The molecule has 0 fully saturated rings. The van der Waals surface area contributed by atoms with Crippen molar-refractivity contribution in [2.45, 2.75) is 31.8 Å². The van der Waals surface area contributed by atoms with Crippen LogP contribution in [-0.2, 0) is 16.9 Å². The van der Waals surface area contributed by atoms with Crippen LogP contribution in [0.1, 0.15) is 30.9 Å². The summed E-state index contributed by atoms with van der Waals surface area (Å²) in [6.07, 6.45) is 1.35. The zero-order valence-electron chi connectivity index (χ0n) is 12.3. The number of benzene rings is 2. The number of rotatable bonds is 7. The van der Waals surface area contributed by atoms with E-state index in [1.807, 2.05) is 67.6 Å². The monoisotopic (exact) mass is 283 g/mol. The lowest BCUT2D eigenvalue weighted by Crippen LogP contribution is -2.48. The lowest BCUT2D eigenvalue weighted by Gasteiger charge is -2.31. The summed E-state index contributed by atoms with van der Waals surface area (Å²) in [6.45, 7) is 2.53. The van der Waals surface area contributed by atoms with Gasteiger partial charge in [-0.1, -0.05) is 74.0 Å². The van der Waals surface area contributed by atoms with E-state index in [1.165, 1.54) is 0 Å². The van der Waals surface area contributed by atoms with Gasteiger partial charge in [0.05, 0.1) is 0 Å². The Bertz CT molecular complexity index is 568. The van der Waals surface area contributed by atoms with E-state index in [0.29, 0.717) is 13.0 Å². The standard InChI is InChI=1S/C18H21NO2/c1-2-13-18(17(20)21,16-11-7-4-8-12-16)19-14-15-9-5-3-6-10-15/h3-12,19H,2,13-14H2,1H3,(H,20,21). The number of nitrogens with one attached hydrogen (secondary N) is 1. The second-order valence-electron chi connectivity index (χ2n) is 5.17. The summed E-state index contributed by atoms with van der Waals surface area (Å²) in [5.74, 6) is -0.827. The van der Waals surface area contributed by atoms with E-state index >= 15 is 0 Å². The predicted molar refractivity (Wildman–Crippen MR) is 83.9 cm³/mol. The van der Waals surface area contributed by atoms with E-state index in [2.05, 4.69) is 5.32 Å². The van der Waals surface area contributed by atoms with E-state index in [-0.39, 0.29) is 0 Å². The van der Waals surface area contributed by atoms with Gasteiger partial charge in [0.2, 0.25) is 0 Å². The minimum absolute atomic E-state index is 0.530.